The lowest BCUT2D eigenvalue weighted by molar-refractivity contribution is -0.643. The summed E-state index contributed by atoms with van der Waals surface area (Å²) in [6, 6.07) is 16.1. The fourth-order valence-corrected chi connectivity index (χ4v) is 4.48. The van der Waals surface area contributed by atoms with Crippen LogP contribution in [0.4, 0.5) is 0 Å². The Kier molecular flexibility index (Phi) is 3.91. The van der Waals surface area contributed by atoms with Gasteiger partial charge in [-0.2, -0.15) is 0 Å². The molecule has 2 heterocycles. The number of hydrogen-bond donors (Lipinski definition) is 1. The van der Waals surface area contributed by atoms with Crippen molar-refractivity contribution in [1.29, 1.82) is 0 Å². The van der Waals surface area contributed by atoms with Crippen molar-refractivity contribution in [1.82, 2.24) is 4.57 Å². The summed E-state index contributed by atoms with van der Waals surface area (Å²) in [6.07, 6.45) is 0. The number of fused-ring (bicyclic) bond motifs is 3. The number of aryl methyl sites for hydroxylation is 2. The summed E-state index contributed by atoms with van der Waals surface area (Å²) in [5, 5.41) is 7.18. The second-order valence-corrected chi connectivity index (χ2v) is 7.34. The van der Waals surface area contributed by atoms with E-state index in [2.05, 4.69) is 78.6 Å². The first kappa shape index (κ1) is 15.4. The zero-order valence-electron chi connectivity index (χ0n) is 14.5. The minimum atomic E-state index is 0.992. The van der Waals surface area contributed by atoms with Gasteiger partial charge in [-0.1, -0.05) is 18.2 Å². The van der Waals surface area contributed by atoms with Gasteiger partial charge in [0.15, 0.2) is 0 Å². The van der Waals surface area contributed by atoms with Gasteiger partial charge in [0.25, 0.3) is 0 Å². The van der Waals surface area contributed by atoms with E-state index in [0.717, 1.165) is 13.1 Å². The molecular weight excluding hydrogens is 312 g/mol. The minimum Gasteiger partial charge on any atom is -0.345 e. The fraction of sp³-hybridized carbons (Fsp3) is 0.238. The third-order valence-corrected chi connectivity index (χ3v) is 5.80. The molecule has 0 amide bonds. The molecule has 0 saturated carbocycles. The molecule has 0 saturated heterocycles. The second-order valence-electron chi connectivity index (χ2n) is 6.43. The van der Waals surface area contributed by atoms with Gasteiger partial charge in [-0.05, 0) is 54.6 Å². The Hall–Kier alpha value is -2.10. The maximum absolute atomic E-state index is 2.44. The molecule has 0 aliphatic carbocycles. The first-order chi connectivity index (χ1) is 11.7. The molecule has 3 heteroatoms. The lowest BCUT2D eigenvalue weighted by Gasteiger charge is -2.04. The molecule has 0 bridgehead atoms. The van der Waals surface area contributed by atoms with Crippen LogP contribution in [-0.4, -0.2) is 11.6 Å². The normalized spacial score (nSPS) is 11.6. The summed E-state index contributed by atoms with van der Waals surface area (Å²) >= 11 is 1.83. The third kappa shape index (κ3) is 2.45. The smallest absolute Gasteiger partial charge is 0.101 e. The number of hydrogen-bond acceptors (Lipinski definition) is 1. The zero-order chi connectivity index (χ0) is 16.7. The number of rotatable bonds is 4. The van der Waals surface area contributed by atoms with E-state index >= 15 is 0 Å². The van der Waals surface area contributed by atoms with Gasteiger partial charge in [0.05, 0.1) is 7.05 Å². The quantitative estimate of drug-likeness (QED) is 0.565. The van der Waals surface area contributed by atoms with Crippen LogP contribution < -0.4 is 5.32 Å². The molecule has 2 nitrogen and oxygen atoms in total. The van der Waals surface area contributed by atoms with Gasteiger partial charge < -0.3 is 9.88 Å². The highest BCUT2D eigenvalue weighted by Gasteiger charge is 2.12. The lowest BCUT2D eigenvalue weighted by Crippen LogP contribution is -2.77. The predicted molar refractivity (Wildman–Crippen MR) is 105 cm³/mol. The van der Waals surface area contributed by atoms with E-state index in [-0.39, 0.29) is 0 Å². The van der Waals surface area contributed by atoms with Gasteiger partial charge >= 0.3 is 0 Å². The van der Waals surface area contributed by atoms with Crippen molar-refractivity contribution in [3.05, 3.63) is 59.0 Å². The van der Waals surface area contributed by atoms with E-state index in [1.165, 1.54) is 43.4 Å². The van der Waals surface area contributed by atoms with Crippen LogP contribution in [0.25, 0.3) is 32.2 Å². The van der Waals surface area contributed by atoms with E-state index in [4.69, 9.17) is 0 Å². The van der Waals surface area contributed by atoms with Crippen molar-refractivity contribution in [2.24, 2.45) is 0 Å². The molecule has 2 aromatic carbocycles. The van der Waals surface area contributed by atoms with Crippen molar-refractivity contribution in [2.75, 3.05) is 7.05 Å². The Labute approximate surface area is 146 Å². The van der Waals surface area contributed by atoms with Crippen LogP contribution in [0, 0.1) is 6.92 Å². The van der Waals surface area contributed by atoms with E-state index in [1.54, 1.807) is 0 Å². The molecule has 2 aromatic heterocycles. The van der Waals surface area contributed by atoms with Crippen LogP contribution in [0.5, 0.6) is 0 Å². The molecule has 0 unspecified atom stereocenters. The number of nitrogens with two attached hydrogens (primary N) is 1. The molecule has 0 aliphatic heterocycles. The molecule has 2 N–H and O–H groups in total. The summed E-state index contributed by atoms with van der Waals surface area (Å²) < 4.78 is 2.44. The highest BCUT2D eigenvalue weighted by atomic mass is 32.1. The largest absolute Gasteiger partial charge is 0.345 e. The Morgan fingerprint density at radius 2 is 1.88 bits per heavy atom. The number of benzene rings is 2. The summed E-state index contributed by atoms with van der Waals surface area (Å²) in [4.78, 5) is 1.35. The van der Waals surface area contributed by atoms with Crippen LogP contribution in [0.2, 0.25) is 0 Å². The maximum Gasteiger partial charge on any atom is 0.101 e. The molecule has 0 spiro atoms. The average Bonchev–Trinajstić information content (AvgIpc) is 3.15. The number of nitrogens with zero attached hydrogens (tertiary/aromatic N) is 1. The van der Waals surface area contributed by atoms with E-state index in [0.29, 0.717) is 0 Å². The SMILES string of the molecule is CCn1c2ccc(C[NH2+]C)cc2c2ccc(-c3cc(C)cs3)cc21. The molecule has 0 atom stereocenters. The van der Waals surface area contributed by atoms with Crippen LogP contribution in [-0.2, 0) is 13.1 Å². The van der Waals surface area contributed by atoms with Gasteiger partial charge in [0.2, 0.25) is 0 Å². The molecule has 4 rings (SSSR count). The molecular formula is C21H23N2S+. The second kappa shape index (κ2) is 6.08. The van der Waals surface area contributed by atoms with E-state index < -0.39 is 0 Å². The topological polar surface area (TPSA) is 21.5 Å². The Balaban J connectivity index is 1.97. The molecule has 0 radical (unpaired) electrons. The van der Waals surface area contributed by atoms with Crippen molar-refractivity contribution in [2.45, 2.75) is 26.9 Å². The van der Waals surface area contributed by atoms with Gasteiger partial charge in [-0.3, -0.25) is 0 Å². The van der Waals surface area contributed by atoms with E-state index in [9.17, 15) is 0 Å². The number of aromatic nitrogens is 1. The highest BCUT2D eigenvalue weighted by molar-refractivity contribution is 7.13. The first-order valence-corrected chi connectivity index (χ1v) is 9.47. The van der Waals surface area contributed by atoms with Gasteiger partial charge in [0.1, 0.15) is 6.54 Å². The Morgan fingerprint density at radius 1 is 1.00 bits per heavy atom. The molecule has 122 valence electrons. The van der Waals surface area contributed by atoms with Crippen LogP contribution in [0.3, 0.4) is 0 Å². The lowest BCUT2D eigenvalue weighted by atomic mass is 10.1. The minimum absolute atomic E-state index is 0.992. The Morgan fingerprint density at radius 3 is 2.58 bits per heavy atom. The van der Waals surface area contributed by atoms with Gasteiger partial charge in [-0.25, -0.2) is 0 Å². The molecule has 4 aromatic rings. The third-order valence-electron chi connectivity index (χ3n) is 4.70. The molecule has 0 fully saturated rings. The van der Waals surface area contributed by atoms with Gasteiger partial charge in [-0.15, -0.1) is 11.3 Å². The van der Waals surface area contributed by atoms with Crippen LogP contribution in [0.15, 0.2) is 47.8 Å². The van der Waals surface area contributed by atoms with Crippen molar-refractivity contribution in [3.63, 3.8) is 0 Å². The summed E-state index contributed by atoms with van der Waals surface area (Å²) in [5.74, 6) is 0. The summed E-state index contributed by atoms with van der Waals surface area (Å²) in [5.41, 5.74) is 6.73. The van der Waals surface area contributed by atoms with Crippen LogP contribution in [0.1, 0.15) is 18.1 Å². The molecule has 0 aliphatic rings. The maximum atomic E-state index is 2.44. The van der Waals surface area contributed by atoms with Crippen LogP contribution >= 0.6 is 11.3 Å². The first-order valence-electron chi connectivity index (χ1n) is 8.59. The van der Waals surface area contributed by atoms with Crippen molar-refractivity contribution >= 4 is 33.1 Å². The molecule has 24 heavy (non-hydrogen) atoms. The highest BCUT2D eigenvalue weighted by Crippen LogP contribution is 2.34. The fourth-order valence-electron chi connectivity index (χ4n) is 3.59. The zero-order valence-corrected chi connectivity index (χ0v) is 15.3. The monoisotopic (exact) mass is 335 g/mol. The summed E-state index contributed by atoms with van der Waals surface area (Å²) in [7, 11) is 2.12. The van der Waals surface area contributed by atoms with Gasteiger partial charge in [0, 0.05) is 38.8 Å². The van der Waals surface area contributed by atoms with Crippen molar-refractivity contribution in [3.8, 4) is 10.4 Å². The standard InChI is InChI=1S/C21H22N2S/c1-4-23-19-8-5-15(12-22-3)10-18(19)17-7-6-16(11-20(17)23)21-9-14(2)13-24-21/h5-11,13,22H,4,12H2,1-3H3/p+1. The number of quaternary nitrogens is 1. The number of thiophene rings is 1. The predicted octanol–water partition coefficient (Wildman–Crippen LogP) is 4.54. The average molecular weight is 335 g/mol. The summed E-state index contributed by atoms with van der Waals surface area (Å²) in [6.45, 7) is 6.41. The van der Waals surface area contributed by atoms with Crippen molar-refractivity contribution < 1.29 is 5.32 Å². The Bertz CT molecular complexity index is 1020. The van der Waals surface area contributed by atoms with E-state index in [1.807, 2.05) is 11.3 Å².